The van der Waals surface area contributed by atoms with Crippen molar-refractivity contribution in [3.8, 4) is 5.75 Å². The minimum atomic E-state index is 0.799. The summed E-state index contributed by atoms with van der Waals surface area (Å²) in [5.41, 5.74) is 7.13. The smallest absolute Gasteiger partial charge is 0.127 e. The van der Waals surface area contributed by atoms with Gasteiger partial charge in [-0.15, -0.1) is 0 Å². The van der Waals surface area contributed by atoms with Crippen molar-refractivity contribution in [3.63, 3.8) is 0 Å². The van der Waals surface area contributed by atoms with Crippen LogP contribution >= 0.6 is 0 Å². The van der Waals surface area contributed by atoms with Crippen LogP contribution < -0.4 is 4.74 Å². The van der Waals surface area contributed by atoms with Gasteiger partial charge in [0.2, 0.25) is 0 Å². The quantitative estimate of drug-likeness (QED) is 0.312. The van der Waals surface area contributed by atoms with E-state index in [1.54, 1.807) is 5.57 Å². The monoisotopic (exact) mass is 398 g/mol. The maximum Gasteiger partial charge on any atom is 0.127 e. The molecule has 0 N–H and O–H groups in total. The molecule has 0 heterocycles. The molecule has 30 heavy (non-hydrogen) atoms. The lowest BCUT2D eigenvalue weighted by atomic mass is 9.91. The van der Waals surface area contributed by atoms with E-state index >= 15 is 0 Å². The molecule has 0 aliphatic heterocycles. The van der Waals surface area contributed by atoms with E-state index in [9.17, 15) is 0 Å². The van der Waals surface area contributed by atoms with Crippen molar-refractivity contribution < 1.29 is 4.74 Å². The number of ether oxygens (including phenoxy) is 1. The lowest BCUT2D eigenvalue weighted by Gasteiger charge is -2.18. The summed E-state index contributed by atoms with van der Waals surface area (Å²) in [6.07, 6.45) is 9.68. The zero-order valence-electron chi connectivity index (χ0n) is 18.5. The summed E-state index contributed by atoms with van der Waals surface area (Å²) >= 11 is 0. The van der Waals surface area contributed by atoms with Crippen molar-refractivity contribution in [2.24, 2.45) is 0 Å². The molecule has 0 bridgehead atoms. The van der Waals surface area contributed by atoms with Crippen molar-refractivity contribution in [3.05, 3.63) is 82.9 Å². The summed E-state index contributed by atoms with van der Waals surface area (Å²) in [5, 5.41) is 2.59. The molecule has 3 aromatic rings. The molecule has 1 aliphatic rings. The third-order valence-electron chi connectivity index (χ3n) is 6.24. The third-order valence-corrected chi connectivity index (χ3v) is 6.24. The molecule has 0 atom stereocenters. The van der Waals surface area contributed by atoms with Gasteiger partial charge in [-0.05, 0) is 52.8 Å². The Bertz CT molecular complexity index is 1030. The molecule has 1 heteroatoms. The molecule has 0 saturated carbocycles. The maximum atomic E-state index is 6.45. The number of unbranched alkanes of at least 4 members (excludes halogenated alkanes) is 4. The predicted octanol–water partition coefficient (Wildman–Crippen LogP) is 8.35. The second-order valence-electron chi connectivity index (χ2n) is 8.48. The molecular formula is C29H34O. The van der Waals surface area contributed by atoms with Crippen LogP contribution in [0.15, 0.2) is 66.2 Å². The lowest BCUT2D eigenvalue weighted by Crippen LogP contribution is -2.02. The van der Waals surface area contributed by atoms with E-state index in [0.717, 1.165) is 31.6 Å². The van der Waals surface area contributed by atoms with Gasteiger partial charge in [0.05, 0.1) is 6.61 Å². The molecule has 156 valence electrons. The van der Waals surface area contributed by atoms with Crippen LogP contribution in [0, 0.1) is 0 Å². The van der Waals surface area contributed by atoms with Gasteiger partial charge in [-0.3, -0.25) is 0 Å². The van der Waals surface area contributed by atoms with Crippen LogP contribution in [0.5, 0.6) is 5.75 Å². The van der Waals surface area contributed by atoms with E-state index in [1.807, 2.05) is 0 Å². The molecule has 0 saturated heterocycles. The lowest BCUT2D eigenvalue weighted by molar-refractivity contribution is 0.304. The van der Waals surface area contributed by atoms with Gasteiger partial charge in [-0.1, -0.05) is 106 Å². The fourth-order valence-electron chi connectivity index (χ4n) is 4.77. The molecule has 1 aliphatic carbocycles. The average molecular weight is 399 g/mol. The second-order valence-corrected chi connectivity index (χ2v) is 8.48. The highest BCUT2D eigenvalue weighted by Crippen LogP contribution is 2.45. The largest absolute Gasteiger partial charge is 0.493 e. The number of allylic oxidation sites excluding steroid dienone is 1. The van der Waals surface area contributed by atoms with Gasteiger partial charge < -0.3 is 4.74 Å². The van der Waals surface area contributed by atoms with E-state index in [4.69, 9.17) is 4.74 Å². The van der Waals surface area contributed by atoms with Crippen LogP contribution in [-0.2, 0) is 6.42 Å². The first-order valence-corrected chi connectivity index (χ1v) is 11.8. The standard InChI is InChI=1S/C29H34O/c1-3-5-6-7-12-20-30-27-19-18-22-14-8-10-16-25(22)29(27)28-24(13-4-2)21-23-15-9-11-17-26(23)28/h8-11,14-19H,3-7,12-13,20-21H2,1-2H3. The summed E-state index contributed by atoms with van der Waals surface area (Å²) in [6, 6.07) is 22.1. The average Bonchev–Trinajstić information content (AvgIpc) is 3.14. The normalized spacial score (nSPS) is 13.1. The molecule has 4 rings (SSSR count). The zero-order valence-corrected chi connectivity index (χ0v) is 18.5. The third kappa shape index (κ3) is 4.31. The van der Waals surface area contributed by atoms with Gasteiger partial charge in [0.25, 0.3) is 0 Å². The van der Waals surface area contributed by atoms with Gasteiger partial charge >= 0.3 is 0 Å². The Labute approximate surface area is 181 Å². The molecule has 3 aromatic carbocycles. The number of benzene rings is 3. The van der Waals surface area contributed by atoms with Crippen LogP contribution in [0.2, 0.25) is 0 Å². The molecule has 0 aromatic heterocycles. The summed E-state index contributed by atoms with van der Waals surface area (Å²) in [6.45, 7) is 5.34. The van der Waals surface area contributed by atoms with Crippen LogP contribution in [0.4, 0.5) is 0 Å². The zero-order chi connectivity index (χ0) is 20.8. The Morgan fingerprint density at radius 1 is 0.767 bits per heavy atom. The van der Waals surface area contributed by atoms with Gasteiger partial charge in [0, 0.05) is 5.56 Å². The van der Waals surface area contributed by atoms with Crippen LogP contribution in [-0.4, -0.2) is 6.61 Å². The van der Waals surface area contributed by atoms with Crippen molar-refractivity contribution in [1.82, 2.24) is 0 Å². The van der Waals surface area contributed by atoms with Crippen molar-refractivity contribution in [1.29, 1.82) is 0 Å². The predicted molar refractivity (Wildman–Crippen MR) is 129 cm³/mol. The minimum absolute atomic E-state index is 0.799. The summed E-state index contributed by atoms with van der Waals surface area (Å²) < 4.78 is 6.45. The van der Waals surface area contributed by atoms with Crippen LogP contribution in [0.1, 0.15) is 75.5 Å². The van der Waals surface area contributed by atoms with Crippen molar-refractivity contribution >= 4 is 16.3 Å². The molecule has 0 fully saturated rings. The Balaban J connectivity index is 1.75. The highest BCUT2D eigenvalue weighted by molar-refractivity contribution is 6.02. The Kier molecular flexibility index (Phi) is 6.89. The molecule has 0 unspecified atom stereocenters. The fraction of sp³-hybridized carbons (Fsp3) is 0.379. The summed E-state index contributed by atoms with van der Waals surface area (Å²) in [7, 11) is 0. The Morgan fingerprint density at radius 3 is 2.43 bits per heavy atom. The van der Waals surface area contributed by atoms with E-state index in [2.05, 4.69) is 74.5 Å². The van der Waals surface area contributed by atoms with E-state index in [0.29, 0.717) is 0 Å². The van der Waals surface area contributed by atoms with E-state index < -0.39 is 0 Å². The molecule has 0 spiro atoms. The molecule has 0 amide bonds. The maximum absolute atomic E-state index is 6.45. The van der Waals surface area contributed by atoms with Crippen LogP contribution in [0.25, 0.3) is 16.3 Å². The minimum Gasteiger partial charge on any atom is -0.493 e. The van der Waals surface area contributed by atoms with Crippen LogP contribution in [0.3, 0.4) is 0 Å². The van der Waals surface area contributed by atoms with Gasteiger partial charge in [-0.2, -0.15) is 0 Å². The molecule has 1 nitrogen and oxygen atoms in total. The highest BCUT2D eigenvalue weighted by atomic mass is 16.5. The first-order valence-electron chi connectivity index (χ1n) is 11.8. The van der Waals surface area contributed by atoms with E-state index in [1.165, 1.54) is 65.1 Å². The van der Waals surface area contributed by atoms with Gasteiger partial charge in [-0.25, -0.2) is 0 Å². The second kappa shape index (κ2) is 9.98. The first kappa shape index (κ1) is 20.7. The highest BCUT2D eigenvalue weighted by Gasteiger charge is 2.25. The Morgan fingerprint density at radius 2 is 1.57 bits per heavy atom. The number of fused-ring (bicyclic) bond motifs is 2. The number of hydrogen-bond acceptors (Lipinski definition) is 1. The fourth-order valence-corrected chi connectivity index (χ4v) is 4.77. The molecule has 0 radical (unpaired) electrons. The molecular weight excluding hydrogens is 364 g/mol. The topological polar surface area (TPSA) is 9.23 Å². The summed E-state index contributed by atoms with van der Waals surface area (Å²) in [5.74, 6) is 1.05. The van der Waals surface area contributed by atoms with Crippen molar-refractivity contribution in [2.45, 2.75) is 65.2 Å². The summed E-state index contributed by atoms with van der Waals surface area (Å²) in [4.78, 5) is 0. The number of hydrogen-bond donors (Lipinski definition) is 0. The van der Waals surface area contributed by atoms with Gasteiger partial charge in [0.1, 0.15) is 5.75 Å². The van der Waals surface area contributed by atoms with E-state index in [-0.39, 0.29) is 0 Å². The first-order chi connectivity index (χ1) is 14.8. The Hall–Kier alpha value is -2.54. The number of rotatable bonds is 10. The van der Waals surface area contributed by atoms with Crippen molar-refractivity contribution in [2.75, 3.05) is 6.61 Å². The SMILES string of the molecule is CCCCCCCOc1ccc2ccccc2c1C1=C(CCC)Cc2ccccc21. The van der Waals surface area contributed by atoms with Gasteiger partial charge in [0.15, 0.2) is 0 Å².